The van der Waals surface area contributed by atoms with Gasteiger partial charge in [-0.15, -0.1) is 0 Å². The lowest BCUT2D eigenvalue weighted by Gasteiger charge is -2.31. The second-order valence-electron chi connectivity index (χ2n) is 8.19. The lowest BCUT2D eigenvalue weighted by Crippen LogP contribution is -2.33. The Labute approximate surface area is 186 Å². The van der Waals surface area contributed by atoms with E-state index >= 15 is 0 Å². The van der Waals surface area contributed by atoms with Gasteiger partial charge < -0.3 is 19.6 Å². The Balaban J connectivity index is 1.62. The average molecular weight is 431 g/mol. The second-order valence-corrected chi connectivity index (χ2v) is 8.19. The van der Waals surface area contributed by atoms with Crippen LogP contribution in [0.1, 0.15) is 36.1 Å². The van der Waals surface area contributed by atoms with Gasteiger partial charge in [0.2, 0.25) is 0 Å². The molecule has 0 unspecified atom stereocenters. The summed E-state index contributed by atoms with van der Waals surface area (Å²) >= 11 is 0. The van der Waals surface area contributed by atoms with Gasteiger partial charge in [-0.3, -0.25) is 9.69 Å². The van der Waals surface area contributed by atoms with E-state index in [2.05, 4.69) is 28.1 Å². The van der Waals surface area contributed by atoms with E-state index in [9.17, 15) is 9.90 Å². The lowest BCUT2D eigenvalue weighted by atomic mass is 9.94. The number of carboxylic acids is 1. The Kier molecular flexibility index (Phi) is 5.23. The fourth-order valence-corrected chi connectivity index (χ4v) is 5.12. The van der Waals surface area contributed by atoms with E-state index in [1.54, 1.807) is 14.2 Å². The van der Waals surface area contributed by atoms with E-state index in [0.29, 0.717) is 5.75 Å². The largest absolute Gasteiger partial charge is 0.497 e. The highest BCUT2D eigenvalue weighted by Gasteiger charge is 2.38. The van der Waals surface area contributed by atoms with Crippen molar-refractivity contribution in [3.8, 4) is 11.5 Å². The van der Waals surface area contributed by atoms with Crippen LogP contribution in [0.25, 0.3) is 21.7 Å². The predicted octanol–water partition coefficient (Wildman–Crippen LogP) is 5.30. The molecule has 0 aliphatic carbocycles. The Morgan fingerprint density at radius 2 is 1.88 bits per heavy atom. The minimum Gasteiger partial charge on any atom is -0.497 e. The molecule has 0 amide bonds. The highest BCUT2D eigenvalue weighted by molar-refractivity contribution is 5.92. The third kappa shape index (κ3) is 3.28. The van der Waals surface area contributed by atoms with Gasteiger partial charge in [-0.05, 0) is 54.6 Å². The maximum Gasteiger partial charge on any atom is 0.325 e. The van der Waals surface area contributed by atoms with Crippen LogP contribution in [0.5, 0.6) is 11.5 Å². The molecular formula is C26H26N2O4. The van der Waals surface area contributed by atoms with Crippen molar-refractivity contribution in [1.29, 1.82) is 0 Å². The normalized spacial score (nSPS) is 17.6. The topological polar surface area (TPSA) is 74.8 Å². The molecule has 2 atom stereocenters. The summed E-state index contributed by atoms with van der Waals surface area (Å²) in [6.07, 6.45) is 3.68. The molecule has 2 N–H and O–H groups in total. The summed E-state index contributed by atoms with van der Waals surface area (Å²) in [5.74, 6) is 0.687. The average Bonchev–Trinajstić information content (AvgIpc) is 3.46. The fourth-order valence-electron chi connectivity index (χ4n) is 5.12. The molecular weight excluding hydrogens is 404 g/mol. The summed E-state index contributed by atoms with van der Waals surface area (Å²) < 4.78 is 10.9. The highest BCUT2D eigenvalue weighted by Crippen LogP contribution is 2.44. The minimum absolute atomic E-state index is 0.00228. The summed E-state index contributed by atoms with van der Waals surface area (Å²) in [5.41, 5.74) is 2.80. The number of methoxy groups -OCH3 is 2. The number of aliphatic carboxylic acids is 1. The van der Waals surface area contributed by atoms with Crippen molar-refractivity contribution in [2.75, 3.05) is 20.8 Å². The van der Waals surface area contributed by atoms with E-state index in [1.807, 2.05) is 42.6 Å². The van der Waals surface area contributed by atoms with Crippen molar-refractivity contribution in [2.24, 2.45) is 0 Å². The SMILES string of the molecule is COc1ccc2[nH]cc([C@H](C(=O)O)N3CCC[C@@H]3c3ccc(OC)c4ccccc34)c2c1. The molecule has 5 rings (SSSR count). The van der Waals surface area contributed by atoms with Crippen LogP contribution in [0.3, 0.4) is 0 Å². The maximum atomic E-state index is 12.6. The Bertz CT molecular complexity index is 1300. The van der Waals surface area contributed by atoms with Gasteiger partial charge in [0.15, 0.2) is 0 Å². The summed E-state index contributed by atoms with van der Waals surface area (Å²) in [6, 6.07) is 17.2. The van der Waals surface area contributed by atoms with Crippen LogP contribution in [0.15, 0.2) is 60.8 Å². The Hall–Kier alpha value is -3.51. The number of ether oxygens (including phenoxy) is 2. The smallest absolute Gasteiger partial charge is 0.325 e. The van der Waals surface area contributed by atoms with Crippen molar-refractivity contribution in [3.63, 3.8) is 0 Å². The number of H-pyrrole nitrogens is 1. The number of likely N-dealkylation sites (tertiary alicyclic amines) is 1. The van der Waals surface area contributed by atoms with E-state index < -0.39 is 12.0 Å². The third-order valence-electron chi connectivity index (χ3n) is 6.57. The number of fused-ring (bicyclic) bond motifs is 2. The fraction of sp³-hybridized carbons (Fsp3) is 0.269. The van der Waals surface area contributed by atoms with Gasteiger partial charge in [0.05, 0.1) is 14.2 Å². The monoisotopic (exact) mass is 430 g/mol. The maximum absolute atomic E-state index is 12.6. The number of carboxylic acid groups (broad SMARTS) is 1. The first-order valence-electron chi connectivity index (χ1n) is 10.8. The molecule has 0 bridgehead atoms. The first-order valence-corrected chi connectivity index (χ1v) is 10.8. The number of nitrogens with zero attached hydrogens (tertiary/aromatic N) is 1. The molecule has 1 aliphatic rings. The zero-order chi connectivity index (χ0) is 22.2. The first kappa shape index (κ1) is 20.4. The molecule has 32 heavy (non-hydrogen) atoms. The number of hydrogen-bond donors (Lipinski definition) is 2. The quantitative estimate of drug-likeness (QED) is 0.434. The number of benzene rings is 3. The van der Waals surface area contributed by atoms with Crippen molar-refractivity contribution < 1.29 is 19.4 Å². The van der Waals surface area contributed by atoms with E-state index in [0.717, 1.165) is 57.9 Å². The standard InChI is InChI=1S/C26H26N2O4/c1-31-16-9-11-22-20(14-16)21(15-27-22)25(26(29)30)28-13-5-8-23(28)18-10-12-24(32-2)19-7-4-3-6-17(18)19/h3-4,6-7,9-12,14-15,23,25,27H,5,8,13H2,1-2H3,(H,29,30)/t23-,25-/m1/s1. The molecule has 1 saturated heterocycles. The van der Waals surface area contributed by atoms with Gasteiger partial charge in [-0.1, -0.05) is 30.3 Å². The van der Waals surface area contributed by atoms with Crippen LogP contribution in [-0.4, -0.2) is 41.7 Å². The zero-order valence-corrected chi connectivity index (χ0v) is 18.2. The zero-order valence-electron chi connectivity index (χ0n) is 18.2. The molecule has 2 heterocycles. The van der Waals surface area contributed by atoms with Crippen molar-refractivity contribution in [2.45, 2.75) is 24.9 Å². The summed E-state index contributed by atoms with van der Waals surface area (Å²) in [4.78, 5) is 18.0. The summed E-state index contributed by atoms with van der Waals surface area (Å²) in [7, 11) is 3.29. The van der Waals surface area contributed by atoms with Crippen LogP contribution in [0, 0.1) is 0 Å². The Morgan fingerprint density at radius 3 is 2.62 bits per heavy atom. The van der Waals surface area contributed by atoms with Gasteiger partial charge in [-0.2, -0.15) is 0 Å². The molecule has 1 aliphatic heterocycles. The molecule has 6 heteroatoms. The van der Waals surface area contributed by atoms with E-state index in [-0.39, 0.29) is 6.04 Å². The minimum atomic E-state index is -0.849. The van der Waals surface area contributed by atoms with Gasteiger partial charge in [-0.25, -0.2) is 0 Å². The summed E-state index contributed by atoms with van der Waals surface area (Å²) in [5, 5.41) is 13.4. The number of aromatic nitrogens is 1. The number of rotatable bonds is 6. The highest BCUT2D eigenvalue weighted by atomic mass is 16.5. The molecule has 4 aromatic rings. The van der Waals surface area contributed by atoms with Gasteiger partial charge in [0, 0.05) is 34.1 Å². The van der Waals surface area contributed by atoms with Crippen LogP contribution < -0.4 is 9.47 Å². The number of nitrogens with one attached hydrogen (secondary N) is 1. The lowest BCUT2D eigenvalue weighted by molar-refractivity contribution is -0.144. The third-order valence-corrected chi connectivity index (χ3v) is 6.57. The van der Waals surface area contributed by atoms with Crippen molar-refractivity contribution in [1.82, 2.24) is 9.88 Å². The van der Waals surface area contributed by atoms with Crippen LogP contribution >= 0.6 is 0 Å². The van der Waals surface area contributed by atoms with E-state index in [4.69, 9.17) is 9.47 Å². The molecule has 3 aromatic carbocycles. The molecule has 1 aromatic heterocycles. The molecule has 0 radical (unpaired) electrons. The van der Waals surface area contributed by atoms with Gasteiger partial charge in [0.1, 0.15) is 17.5 Å². The predicted molar refractivity (Wildman–Crippen MR) is 124 cm³/mol. The van der Waals surface area contributed by atoms with E-state index in [1.165, 1.54) is 0 Å². The molecule has 0 spiro atoms. The van der Waals surface area contributed by atoms with Crippen LogP contribution in [0.2, 0.25) is 0 Å². The van der Waals surface area contributed by atoms with Gasteiger partial charge >= 0.3 is 5.97 Å². The second kappa shape index (κ2) is 8.20. The number of carbonyl (C=O) groups is 1. The van der Waals surface area contributed by atoms with Gasteiger partial charge in [0.25, 0.3) is 0 Å². The molecule has 0 saturated carbocycles. The Morgan fingerprint density at radius 1 is 1.06 bits per heavy atom. The van der Waals surface area contributed by atoms with Crippen molar-refractivity contribution >= 4 is 27.6 Å². The number of hydrogen-bond acceptors (Lipinski definition) is 4. The molecule has 164 valence electrons. The summed E-state index contributed by atoms with van der Waals surface area (Å²) in [6.45, 7) is 0.721. The molecule has 1 fully saturated rings. The van der Waals surface area contributed by atoms with Crippen LogP contribution in [-0.2, 0) is 4.79 Å². The van der Waals surface area contributed by atoms with Crippen LogP contribution in [0.4, 0.5) is 0 Å². The molecule has 6 nitrogen and oxygen atoms in total. The van der Waals surface area contributed by atoms with Crippen molar-refractivity contribution in [3.05, 3.63) is 71.9 Å². The number of aromatic amines is 1. The first-order chi connectivity index (χ1) is 15.6.